The van der Waals surface area contributed by atoms with Crippen molar-refractivity contribution in [2.24, 2.45) is 5.92 Å². The Balaban J connectivity index is 2.54. The lowest BCUT2D eigenvalue weighted by atomic mass is 10.2. The highest BCUT2D eigenvalue weighted by atomic mass is 32.1. The molecule has 0 aliphatic heterocycles. The number of rotatable bonds is 6. The molecule has 1 aromatic heterocycles. The van der Waals surface area contributed by atoms with E-state index in [-0.39, 0.29) is 18.2 Å². The van der Waals surface area contributed by atoms with E-state index < -0.39 is 17.9 Å². The molecule has 110 valence electrons. The molecule has 1 rings (SSSR count). The van der Waals surface area contributed by atoms with Gasteiger partial charge in [0.05, 0.1) is 12.1 Å². The van der Waals surface area contributed by atoms with Crippen LogP contribution in [0.2, 0.25) is 0 Å². The van der Waals surface area contributed by atoms with Crippen molar-refractivity contribution in [1.82, 2.24) is 10.3 Å². The molecule has 0 saturated heterocycles. The number of nitrogens with one attached hydrogen (secondary N) is 2. The molecule has 0 bridgehead atoms. The van der Waals surface area contributed by atoms with E-state index in [1.807, 2.05) is 0 Å². The number of aliphatic carboxylic acids is 1. The van der Waals surface area contributed by atoms with Gasteiger partial charge in [-0.15, -0.1) is 11.3 Å². The summed E-state index contributed by atoms with van der Waals surface area (Å²) in [7, 11) is 0. The van der Waals surface area contributed by atoms with Crippen LogP contribution in [0.25, 0.3) is 0 Å². The largest absolute Gasteiger partial charge is 0.480 e. The van der Waals surface area contributed by atoms with E-state index >= 15 is 0 Å². The highest BCUT2D eigenvalue weighted by Gasteiger charge is 2.16. The first-order chi connectivity index (χ1) is 9.29. The fourth-order valence-electron chi connectivity index (χ4n) is 1.21. The van der Waals surface area contributed by atoms with Gasteiger partial charge in [0.2, 0.25) is 11.8 Å². The molecule has 3 N–H and O–H groups in total. The number of carbonyl (C=O) groups is 3. The van der Waals surface area contributed by atoms with Gasteiger partial charge in [0, 0.05) is 11.3 Å². The normalized spacial score (nSPS) is 12.0. The number of carbonyl (C=O) groups excluding carboxylic acids is 2. The summed E-state index contributed by atoms with van der Waals surface area (Å²) in [5.74, 6) is -1.81. The molecule has 0 radical (unpaired) electrons. The molecular weight excluding hydrogens is 282 g/mol. The van der Waals surface area contributed by atoms with Crippen LogP contribution in [0, 0.1) is 5.92 Å². The highest BCUT2D eigenvalue weighted by Crippen LogP contribution is 2.16. The summed E-state index contributed by atoms with van der Waals surface area (Å²) >= 11 is 1.22. The molecule has 20 heavy (non-hydrogen) atoms. The molecule has 0 saturated carbocycles. The summed E-state index contributed by atoms with van der Waals surface area (Å²) in [6.07, 6.45) is -0.0222. The Kier molecular flexibility index (Phi) is 5.63. The van der Waals surface area contributed by atoms with Gasteiger partial charge in [-0.25, -0.2) is 4.98 Å². The Hall–Kier alpha value is -1.96. The number of carboxylic acids is 1. The van der Waals surface area contributed by atoms with Gasteiger partial charge in [-0.05, 0) is 6.92 Å². The van der Waals surface area contributed by atoms with Gasteiger partial charge in [-0.3, -0.25) is 14.4 Å². The first-order valence-corrected chi connectivity index (χ1v) is 6.95. The standard InChI is InChI=1S/C12H17N3O4S/c1-6(2)10(17)15-12-14-8(5-20-12)4-9(16)13-7(3)11(18)19/h5-7H,4H2,1-3H3,(H,13,16)(H,18,19)(H,14,15,17). The fourth-order valence-corrected chi connectivity index (χ4v) is 1.93. The molecule has 2 amide bonds. The number of carboxylic acid groups (broad SMARTS) is 1. The molecule has 0 fully saturated rings. The predicted octanol–water partition coefficient (Wildman–Crippen LogP) is 0.869. The number of hydrogen-bond acceptors (Lipinski definition) is 5. The molecule has 0 aromatic carbocycles. The van der Waals surface area contributed by atoms with Crippen molar-refractivity contribution >= 4 is 34.3 Å². The van der Waals surface area contributed by atoms with Crippen LogP contribution < -0.4 is 10.6 Å². The molecule has 1 unspecified atom stereocenters. The van der Waals surface area contributed by atoms with E-state index in [9.17, 15) is 14.4 Å². The second-order valence-electron chi connectivity index (χ2n) is 4.59. The molecule has 8 heteroatoms. The molecule has 7 nitrogen and oxygen atoms in total. The van der Waals surface area contributed by atoms with Gasteiger partial charge in [-0.2, -0.15) is 0 Å². The molecule has 0 spiro atoms. The van der Waals surface area contributed by atoms with Crippen LogP contribution in [0.5, 0.6) is 0 Å². The number of thiazole rings is 1. The smallest absolute Gasteiger partial charge is 0.325 e. The van der Waals surface area contributed by atoms with Crippen molar-refractivity contribution in [2.75, 3.05) is 5.32 Å². The van der Waals surface area contributed by atoms with Gasteiger partial charge in [0.15, 0.2) is 5.13 Å². The predicted molar refractivity (Wildman–Crippen MR) is 74.5 cm³/mol. The summed E-state index contributed by atoms with van der Waals surface area (Å²) in [6.45, 7) is 4.92. The number of nitrogens with zero attached hydrogens (tertiary/aromatic N) is 1. The van der Waals surface area contributed by atoms with E-state index in [1.54, 1.807) is 19.2 Å². The first kappa shape index (κ1) is 16.1. The number of aromatic nitrogens is 1. The van der Waals surface area contributed by atoms with Crippen LogP contribution in [0.15, 0.2) is 5.38 Å². The van der Waals surface area contributed by atoms with Crippen molar-refractivity contribution < 1.29 is 19.5 Å². The zero-order valence-electron chi connectivity index (χ0n) is 11.5. The van der Waals surface area contributed by atoms with Gasteiger partial charge in [0.25, 0.3) is 0 Å². The Bertz CT molecular complexity index is 513. The van der Waals surface area contributed by atoms with E-state index in [0.717, 1.165) is 0 Å². The monoisotopic (exact) mass is 299 g/mol. The summed E-state index contributed by atoms with van der Waals surface area (Å²) in [4.78, 5) is 37.7. The van der Waals surface area contributed by atoms with Crippen LogP contribution in [-0.2, 0) is 20.8 Å². The number of amides is 2. The lowest BCUT2D eigenvalue weighted by Crippen LogP contribution is -2.39. The van der Waals surface area contributed by atoms with Crippen LogP contribution in [0.1, 0.15) is 26.5 Å². The van der Waals surface area contributed by atoms with Crippen LogP contribution in [0.4, 0.5) is 5.13 Å². The SMILES string of the molecule is CC(C)C(=O)Nc1nc(CC(=O)NC(C)C(=O)O)cs1. The minimum Gasteiger partial charge on any atom is -0.480 e. The minimum atomic E-state index is -1.10. The molecule has 1 atom stereocenters. The second kappa shape index (κ2) is 6.99. The molecule has 0 aliphatic rings. The quantitative estimate of drug-likeness (QED) is 0.722. The second-order valence-corrected chi connectivity index (χ2v) is 5.45. The van der Waals surface area contributed by atoms with Gasteiger partial charge in [-0.1, -0.05) is 13.8 Å². The van der Waals surface area contributed by atoms with Crippen LogP contribution in [0.3, 0.4) is 0 Å². The first-order valence-electron chi connectivity index (χ1n) is 6.07. The van der Waals surface area contributed by atoms with Crippen molar-refractivity contribution in [3.8, 4) is 0 Å². The maximum Gasteiger partial charge on any atom is 0.325 e. The lowest BCUT2D eigenvalue weighted by Gasteiger charge is -2.07. The Morgan fingerprint density at radius 1 is 1.35 bits per heavy atom. The average Bonchev–Trinajstić information content (AvgIpc) is 2.75. The van der Waals surface area contributed by atoms with Crippen LogP contribution >= 0.6 is 11.3 Å². The maximum atomic E-state index is 11.6. The Morgan fingerprint density at radius 3 is 2.55 bits per heavy atom. The van der Waals surface area contributed by atoms with Crippen molar-refractivity contribution in [3.63, 3.8) is 0 Å². The fraction of sp³-hybridized carbons (Fsp3) is 0.500. The third-order valence-corrected chi connectivity index (χ3v) is 3.20. The highest BCUT2D eigenvalue weighted by molar-refractivity contribution is 7.13. The van der Waals surface area contributed by atoms with Gasteiger partial charge < -0.3 is 15.7 Å². The van der Waals surface area contributed by atoms with Gasteiger partial charge in [0.1, 0.15) is 6.04 Å². The van der Waals surface area contributed by atoms with Crippen molar-refractivity contribution in [1.29, 1.82) is 0 Å². The van der Waals surface area contributed by atoms with E-state index in [4.69, 9.17) is 5.11 Å². The number of anilines is 1. The van der Waals surface area contributed by atoms with Crippen molar-refractivity contribution in [3.05, 3.63) is 11.1 Å². The van der Waals surface area contributed by atoms with E-state index in [1.165, 1.54) is 18.3 Å². The Labute approximate surface area is 120 Å². The lowest BCUT2D eigenvalue weighted by molar-refractivity contribution is -0.141. The minimum absolute atomic E-state index is 0.0222. The molecular formula is C12H17N3O4S. The summed E-state index contributed by atoms with van der Waals surface area (Å²) < 4.78 is 0. The third kappa shape index (κ3) is 4.96. The van der Waals surface area contributed by atoms with Gasteiger partial charge >= 0.3 is 5.97 Å². The van der Waals surface area contributed by atoms with E-state index in [0.29, 0.717) is 10.8 Å². The molecule has 0 aliphatic carbocycles. The van der Waals surface area contributed by atoms with Crippen molar-refractivity contribution in [2.45, 2.75) is 33.2 Å². The molecule has 1 heterocycles. The number of hydrogen-bond donors (Lipinski definition) is 3. The third-order valence-electron chi connectivity index (χ3n) is 2.40. The topological polar surface area (TPSA) is 108 Å². The average molecular weight is 299 g/mol. The van der Waals surface area contributed by atoms with E-state index in [2.05, 4.69) is 15.6 Å². The maximum absolute atomic E-state index is 11.6. The van der Waals surface area contributed by atoms with Crippen LogP contribution in [-0.4, -0.2) is 33.9 Å². The zero-order valence-corrected chi connectivity index (χ0v) is 12.3. The summed E-state index contributed by atoms with van der Waals surface area (Å²) in [5, 5.41) is 15.7. The summed E-state index contributed by atoms with van der Waals surface area (Å²) in [6, 6.07) is -0.943. The summed E-state index contributed by atoms with van der Waals surface area (Å²) in [5.41, 5.74) is 0.490. The molecule has 1 aromatic rings. The Morgan fingerprint density at radius 2 is 2.00 bits per heavy atom. The zero-order chi connectivity index (χ0) is 15.3.